The summed E-state index contributed by atoms with van der Waals surface area (Å²) in [6.07, 6.45) is 9.12. The van der Waals surface area contributed by atoms with Crippen LogP contribution in [-0.2, 0) is 11.2 Å². The molecule has 0 aliphatic carbocycles. The molecule has 0 amide bonds. The van der Waals surface area contributed by atoms with Crippen molar-refractivity contribution in [3.8, 4) is 0 Å². The summed E-state index contributed by atoms with van der Waals surface area (Å²) < 4.78 is 11.2. The van der Waals surface area contributed by atoms with Crippen LogP contribution >= 0.6 is 0 Å². The number of aliphatic imine (C=N–C) groups is 1. The van der Waals surface area contributed by atoms with Crippen molar-refractivity contribution >= 4 is 11.8 Å². The molecule has 0 radical (unpaired) electrons. The van der Waals surface area contributed by atoms with Crippen molar-refractivity contribution in [3.63, 3.8) is 0 Å². The highest BCUT2D eigenvalue weighted by Gasteiger charge is 2.21. The molecule has 2 aromatic heterocycles. The van der Waals surface area contributed by atoms with Gasteiger partial charge in [-0.15, -0.1) is 0 Å². The fourth-order valence-electron chi connectivity index (χ4n) is 3.99. The van der Waals surface area contributed by atoms with E-state index in [2.05, 4.69) is 39.6 Å². The molecule has 2 N–H and O–H groups in total. The zero-order valence-corrected chi connectivity index (χ0v) is 17.8. The normalized spacial score (nSPS) is 20.5. The Morgan fingerprint density at radius 1 is 1.23 bits per heavy atom. The first kappa shape index (κ1) is 20.7. The first-order valence-electron chi connectivity index (χ1n) is 11.1. The van der Waals surface area contributed by atoms with Crippen LogP contribution in [0.2, 0.25) is 0 Å². The molecule has 2 fully saturated rings. The van der Waals surface area contributed by atoms with Gasteiger partial charge in [-0.2, -0.15) is 0 Å². The topological polar surface area (TPSA) is 74.9 Å². The third kappa shape index (κ3) is 5.98. The summed E-state index contributed by atoms with van der Waals surface area (Å²) in [4.78, 5) is 11.8. The van der Waals surface area contributed by atoms with Crippen LogP contribution in [0.4, 0.5) is 5.82 Å². The van der Waals surface area contributed by atoms with E-state index in [0.717, 1.165) is 75.9 Å². The van der Waals surface area contributed by atoms with Crippen LogP contribution in [0, 0.1) is 6.92 Å². The molecular formula is C23H33N5O2. The van der Waals surface area contributed by atoms with E-state index < -0.39 is 0 Å². The lowest BCUT2D eigenvalue weighted by atomic mass is 10.1. The number of hydrogen-bond acceptors (Lipinski definition) is 5. The summed E-state index contributed by atoms with van der Waals surface area (Å²) in [6.45, 7) is 6.43. The average Bonchev–Trinajstić information content (AvgIpc) is 3.47. The molecule has 0 bridgehead atoms. The molecule has 2 aromatic rings. The van der Waals surface area contributed by atoms with E-state index in [1.165, 1.54) is 5.56 Å². The van der Waals surface area contributed by atoms with Crippen LogP contribution in [0.1, 0.15) is 37.0 Å². The van der Waals surface area contributed by atoms with Gasteiger partial charge in [0.2, 0.25) is 0 Å². The van der Waals surface area contributed by atoms with E-state index >= 15 is 0 Å². The number of aromatic nitrogens is 1. The standard InChI is InChI=1S/C23H33N5O2/c1-18-6-7-22(25-16-18)28-12-9-19(10-13-28)27-23(26-17-21-5-3-15-30-21)24-11-8-20-4-2-14-29-20/h2,4,6-7,14,16,19,21H,3,5,8-13,15,17H2,1H3,(H2,24,26,27). The zero-order valence-electron chi connectivity index (χ0n) is 17.8. The SMILES string of the molecule is Cc1ccc(N2CCC(NC(=NCC3CCCO3)NCCc3ccco3)CC2)nc1. The molecule has 4 heterocycles. The van der Waals surface area contributed by atoms with E-state index in [4.69, 9.17) is 14.1 Å². The van der Waals surface area contributed by atoms with Gasteiger partial charge in [0, 0.05) is 44.9 Å². The summed E-state index contributed by atoms with van der Waals surface area (Å²) in [5, 5.41) is 7.12. The first-order valence-corrected chi connectivity index (χ1v) is 11.1. The zero-order chi connectivity index (χ0) is 20.6. The summed E-state index contributed by atoms with van der Waals surface area (Å²) in [5.74, 6) is 2.94. The molecule has 162 valence electrons. The predicted molar refractivity (Wildman–Crippen MR) is 119 cm³/mol. The molecule has 30 heavy (non-hydrogen) atoms. The van der Waals surface area contributed by atoms with Crippen LogP contribution in [-0.4, -0.2) is 55.9 Å². The molecule has 2 aliphatic heterocycles. The molecule has 4 rings (SSSR count). The quantitative estimate of drug-likeness (QED) is 0.539. The second-order valence-corrected chi connectivity index (χ2v) is 8.18. The van der Waals surface area contributed by atoms with Gasteiger partial charge in [0.25, 0.3) is 0 Å². The van der Waals surface area contributed by atoms with E-state index in [1.54, 1.807) is 6.26 Å². The van der Waals surface area contributed by atoms with Gasteiger partial charge >= 0.3 is 0 Å². The lowest BCUT2D eigenvalue weighted by Gasteiger charge is -2.34. The van der Waals surface area contributed by atoms with Crippen molar-refractivity contribution in [2.45, 2.75) is 51.2 Å². The van der Waals surface area contributed by atoms with Crippen LogP contribution in [0.3, 0.4) is 0 Å². The number of hydrogen-bond donors (Lipinski definition) is 2. The molecule has 0 spiro atoms. The largest absolute Gasteiger partial charge is 0.469 e. The van der Waals surface area contributed by atoms with Gasteiger partial charge < -0.3 is 24.7 Å². The number of furan rings is 1. The maximum Gasteiger partial charge on any atom is 0.191 e. The Morgan fingerprint density at radius 2 is 2.13 bits per heavy atom. The highest BCUT2D eigenvalue weighted by molar-refractivity contribution is 5.80. The lowest BCUT2D eigenvalue weighted by molar-refractivity contribution is 0.117. The number of aryl methyl sites for hydroxylation is 1. The van der Waals surface area contributed by atoms with Crippen LogP contribution < -0.4 is 15.5 Å². The fraction of sp³-hybridized carbons (Fsp3) is 0.565. The maximum atomic E-state index is 5.74. The van der Waals surface area contributed by atoms with Crippen LogP contribution in [0.5, 0.6) is 0 Å². The van der Waals surface area contributed by atoms with Crippen LogP contribution in [0.15, 0.2) is 46.1 Å². The summed E-state index contributed by atoms with van der Waals surface area (Å²) in [6, 6.07) is 8.59. The fourth-order valence-corrected chi connectivity index (χ4v) is 3.99. The molecular weight excluding hydrogens is 378 g/mol. The summed E-state index contributed by atoms with van der Waals surface area (Å²) in [5.41, 5.74) is 1.20. The molecule has 2 aliphatic rings. The molecule has 1 atom stereocenters. The van der Waals surface area contributed by atoms with Gasteiger partial charge in [0.1, 0.15) is 11.6 Å². The number of rotatable bonds is 7. The molecule has 2 saturated heterocycles. The first-order chi connectivity index (χ1) is 14.8. The molecule has 7 heteroatoms. The second kappa shape index (κ2) is 10.5. The number of nitrogens with zero attached hydrogens (tertiary/aromatic N) is 3. The van der Waals surface area contributed by atoms with Gasteiger partial charge in [-0.05, 0) is 56.4 Å². The smallest absolute Gasteiger partial charge is 0.191 e. The van der Waals surface area contributed by atoms with Crippen molar-refractivity contribution in [1.82, 2.24) is 15.6 Å². The number of piperidine rings is 1. The van der Waals surface area contributed by atoms with E-state index in [0.29, 0.717) is 12.6 Å². The van der Waals surface area contributed by atoms with Crippen molar-refractivity contribution in [2.24, 2.45) is 4.99 Å². The highest BCUT2D eigenvalue weighted by Crippen LogP contribution is 2.18. The monoisotopic (exact) mass is 411 g/mol. The Morgan fingerprint density at radius 3 is 2.83 bits per heavy atom. The van der Waals surface area contributed by atoms with Crippen molar-refractivity contribution in [2.75, 3.05) is 37.7 Å². The number of nitrogens with one attached hydrogen (secondary N) is 2. The van der Waals surface area contributed by atoms with Gasteiger partial charge in [0.05, 0.1) is 18.9 Å². The van der Waals surface area contributed by atoms with E-state index in [9.17, 15) is 0 Å². The Balaban J connectivity index is 1.29. The van der Waals surface area contributed by atoms with Crippen LogP contribution in [0.25, 0.3) is 0 Å². The Hall–Kier alpha value is -2.54. The van der Waals surface area contributed by atoms with Crippen molar-refractivity contribution < 1.29 is 9.15 Å². The van der Waals surface area contributed by atoms with Gasteiger partial charge in [-0.25, -0.2) is 4.98 Å². The number of anilines is 1. The van der Waals surface area contributed by atoms with E-state index in [-0.39, 0.29) is 6.10 Å². The van der Waals surface area contributed by atoms with Gasteiger partial charge in [-0.1, -0.05) is 6.07 Å². The van der Waals surface area contributed by atoms with Crippen molar-refractivity contribution in [1.29, 1.82) is 0 Å². The highest BCUT2D eigenvalue weighted by atomic mass is 16.5. The average molecular weight is 412 g/mol. The minimum atomic E-state index is 0.253. The second-order valence-electron chi connectivity index (χ2n) is 8.18. The summed E-state index contributed by atoms with van der Waals surface area (Å²) in [7, 11) is 0. The molecule has 7 nitrogen and oxygen atoms in total. The minimum absolute atomic E-state index is 0.253. The molecule has 0 aromatic carbocycles. The minimum Gasteiger partial charge on any atom is -0.469 e. The maximum absolute atomic E-state index is 5.74. The summed E-state index contributed by atoms with van der Waals surface area (Å²) >= 11 is 0. The molecule has 1 unspecified atom stereocenters. The Labute approximate surface area is 178 Å². The number of ether oxygens (including phenoxy) is 1. The molecule has 0 saturated carbocycles. The number of guanidine groups is 1. The van der Waals surface area contributed by atoms with Gasteiger partial charge in [-0.3, -0.25) is 4.99 Å². The Bertz CT molecular complexity index is 776. The van der Waals surface area contributed by atoms with E-state index in [1.807, 2.05) is 18.3 Å². The Kier molecular flexibility index (Phi) is 7.24. The lowest BCUT2D eigenvalue weighted by Crippen LogP contribution is -2.49. The third-order valence-corrected chi connectivity index (χ3v) is 5.78. The van der Waals surface area contributed by atoms with Crippen molar-refractivity contribution in [3.05, 3.63) is 48.0 Å². The van der Waals surface area contributed by atoms with Gasteiger partial charge in [0.15, 0.2) is 5.96 Å². The number of pyridine rings is 1. The third-order valence-electron chi connectivity index (χ3n) is 5.78. The predicted octanol–water partition coefficient (Wildman–Crippen LogP) is 2.91.